The van der Waals surface area contributed by atoms with Crippen LogP contribution in [0.15, 0.2) is 65.0 Å². The van der Waals surface area contributed by atoms with Crippen molar-refractivity contribution in [2.45, 2.75) is 6.92 Å². The molecule has 0 unspecified atom stereocenters. The van der Waals surface area contributed by atoms with E-state index in [9.17, 15) is 4.79 Å². The molecule has 9 heteroatoms. The molecule has 3 aromatic rings. The molecule has 0 aliphatic carbocycles. The molecule has 0 spiro atoms. The number of anilines is 1. The lowest BCUT2D eigenvalue weighted by atomic mass is 10.1. The van der Waals surface area contributed by atoms with E-state index in [1.807, 2.05) is 30.3 Å². The van der Waals surface area contributed by atoms with Crippen molar-refractivity contribution in [1.82, 2.24) is 10.1 Å². The molecule has 0 saturated heterocycles. The fourth-order valence-electron chi connectivity index (χ4n) is 2.74. The molecule has 7 N–H and O–H groups in total. The second kappa shape index (κ2) is 8.82. The van der Waals surface area contributed by atoms with Gasteiger partial charge in [-0.05, 0) is 31.2 Å². The van der Waals surface area contributed by atoms with Crippen LogP contribution in [-0.4, -0.2) is 23.2 Å². The highest BCUT2D eigenvalue weighted by Crippen LogP contribution is 2.28. The van der Waals surface area contributed by atoms with Gasteiger partial charge in [0.2, 0.25) is 5.88 Å². The molecule has 0 saturated carbocycles. The van der Waals surface area contributed by atoms with Gasteiger partial charge in [0, 0.05) is 5.56 Å². The summed E-state index contributed by atoms with van der Waals surface area (Å²) < 4.78 is 10.6. The lowest BCUT2D eigenvalue weighted by Gasteiger charge is -2.11. The summed E-state index contributed by atoms with van der Waals surface area (Å²) in [4.78, 5) is 17.3. The Kier molecular flexibility index (Phi) is 6.02. The standard InChI is InChI=1S/C21H22N6O3/c1-12-18(19(27-30-12)13-6-4-3-5-7-13)20(28)25-16-10-9-15(26-21(16)29-2)14(22)8-11-17(23)24/h3-11H,22-24H2,1-2H3,(H,25,28)/b14-8-. The number of nitrogens with two attached hydrogens (primary N) is 3. The van der Waals surface area contributed by atoms with Crippen molar-refractivity contribution in [2.75, 3.05) is 12.4 Å². The van der Waals surface area contributed by atoms with Crippen LogP contribution in [0, 0.1) is 6.92 Å². The zero-order chi connectivity index (χ0) is 21.7. The second-order valence-corrected chi connectivity index (χ2v) is 6.32. The maximum Gasteiger partial charge on any atom is 0.261 e. The normalized spacial score (nSPS) is 11.1. The molecule has 2 aromatic heterocycles. The van der Waals surface area contributed by atoms with Crippen molar-refractivity contribution in [1.29, 1.82) is 0 Å². The highest BCUT2D eigenvalue weighted by Gasteiger charge is 2.23. The molecule has 0 bridgehead atoms. The average molecular weight is 406 g/mol. The largest absolute Gasteiger partial charge is 0.479 e. The zero-order valence-electron chi connectivity index (χ0n) is 16.5. The summed E-state index contributed by atoms with van der Waals surface area (Å²) in [5.41, 5.74) is 19.5. The van der Waals surface area contributed by atoms with Crippen LogP contribution in [0.4, 0.5) is 5.69 Å². The second-order valence-electron chi connectivity index (χ2n) is 6.32. The van der Waals surface area contributed by atoms with Crippen LogP contribution in [0.1, 0.15) is 21.8 Å². The van der Waals surface area contributed by atoms with Crippen molar-refractivity contribution >= 4 is 17.3 Å². The van der Waals surface area contributed by atoms with Crippen LogP contribution in [0.25, 0.3) is 17.0 Å². The fourth-order valence-corrected chi connectivity index (χ4v) is 2.74. The van der Waals surface area contributed by atoms with Crippen molar-refractivity contribution in [3.63, 3.8) is 0 Å². The average Bonchev–Trinajstić information content (AvgIpc) is 3.14. The molecule has 30 heavy (non-hydrogen) atoms. The number of pyridine rings is 1. The molecule has 0 atom stereocenters. The molecule has 2 heterocycles. The van der Waals surface area contributed by atoms with Crippen LogP contribution in [0.3, 0.4) is 0 Å². The zero-order valence-corrected chi connectivity index (χ0v) is 16.5. The number of benzene rings is 1. The molecule has 0 radical (unpaired) electrons. The Hall–Kier alpha value is -4.27. The topological polar surface area (TPSA) is 155 Å². The highest BCUT2D eigenvalue weighted by atomic mass is 16.5. The first-order valence-electron chi connectivity index (χ1n) is 8.97. The third-order valence-electron chi connectivity index (χ3n) is 4.19. The fraction of sp³-hybridized carbons (Fsp3) is 0.0952. The van der Waals surface area contributed by atoms with E-state index in [4.69, 9.17) is 26.5 Å². The number of hydrogen-bond donors (Lipinski definition) is 4. The van der Waals surface area contributed by atoms with E-state index in [1.165, 1.54) is 19.3 Å². The number of nitrogens with zero attached hydrogens (tertiary/aromatic N) is 2. The summed E-state index contributed by atoms with van der Waals surface area (Å²) in [7, 11) is 1.44. The number of aromatic nitrogens is 2. The summed E-state index contributed by atoms with van der Waals surface area (Å²) in [5.74, 6) is 0.306. The lowest BCUT2D eigenvalue weighted by molar-refractivity contribution is 0.102. The van der Waals surface area contributed by atoms with Gasteiger partial charge in [0.1, 0.15) is 22.7 Å². The molecule has 0 aliphatic rings. The van der Waals surface area contributed by atoms with Crippen LogP contribution in [0.5, 0.6) is 5.88 Å². The molecule has 1 aromatic carbocycles. The van der Waals surface area contributed by atoms with Gasteiger partial charge in [-0.2, -0.15) is 0 Å². The van der Waals surface area contributed by atoms with Gasteiger partial charge in [-0.15, -0.1) is 0 Å². The molecule has 9 nitrogen and oxygen atoms in total. The molecule has 1 amide bonds. The van der Waals surface area contributed by atoms with E-state index in [0.29, 0.717) is 34.1 Å². The third kappa shape index (κ3) is 4.41. The minimum atomic E-state index is -0.400. The van der Waals surface area contributed by atoms with Gasteiger partial charge >= 0.3 is 0 Å². The Bertz CT molecular complexity index is 1120. The Morgan fingerprint density at radius 1 is 1.10 bits per heavy atom. The van der Waals surface area contributed by atoms with E-state index in [0.717, 1.165) is 5.56 Å². The van der Waals surface area contributed by atoms with Crippen LogP contribution >= 0.6 is 0 Å². The highest BCUT2D eigenvalue weighted by molar-refractivity contribution is 6.09. The lowest BCUT2D eigenvalue weighted by Crippen LogP contribution is -2.15. The number of aryl methyl sites for hydroxylation is 1. The predicted octanol–water partition coefficient (Wildman–Crippen LogP) is 2.36. The predicted molar refractivity (Wildman–Crippen MR) is 114 cm³/mol. The Labute approximate surface area is 173 Å². The van der Waals surface area contributed by atoms with Crippen molar-refractivity contribution < 1.29 is 14.1 Å². The smallest absolute Gasteiger partial charge is 0.261 e. The van der Waals surface area contributed by atoms with Gasteiger partial charge in [0.15, 0.2) is 0 Å². The number of carbonyl (C=O) groups is 1. The quantitative estimate of drug-likeness (QED) is 0.455. The third-order valence-corrected chi connectivity index (χ3v) is 4.19. The first kappa shape index (κ1) is 20.5. The van der Waals surface area contributed by atoms with Crippen molar-refractivity contribution in [3.8, 4) is 17.1 Å². The van der Waals surface area contributed by atoms with Gasteiger partial charge in [-0.3, -0.25) is 4.79 Å². The summed E-state index contributed by atoms with van der Waals surface area (Å²) in [6.45, 7) is 1.68. The van der Waals surface area contributed by atoms with Crippen LogP contribution < -0.4 is 27.3 Å². The van der Waals surface area contributed by atoms with Gasteiger partial charge in [0.05, 0.1) is 24.3 Å². The number of nitrogens with one attached hydrogen (secondary N) is 1. The SMILES string of the molecule is COc1nc(/C(N)=C/C=C(N)N)ccc1NC(=O)c1c(-c2ccccc2)noc1C. The molecular formula is C21H22N6O3. The molecule has 3 rings (SSSR count). The van der Waals surface area contributed by atoms with Crippen LogP contribution in [0.2, 0.25) is 0 Å². The Balaban J connectivity index is 1.90. The molecular weight excluding hydrogens is 384 g/mol. The molecule has 154 valence electrons. The van der Waals surface area contributed by atoms with E-state index in [1.54, 1.807) is 19.1 Å². The van der Waals surface area contributed by atoms with Gasteiger partial charge < -0.3 is 31.8 Å². The summed E-state index contributed by atoms with van der Waals surface area (Å²) in [5, 5.41) is 6.82. The number of allylic oxidation sites excluding steroid dienone is 2. The van der Waals surface area contributed by atoms with Crippen molar-refractivity contribution in [2.24, 2.45) is 17.2 Å². The van der Waals surface area contributed by atoms with Crippen molar-refractivity contribution in [3.05, 3.63) is 77.5 Å². The monoisotopic (exact) mass is 406 g/mol. The first-order valence-corrected chi connectivity index (χ1v) is 8.97. The Morgan fingerprint density at radius 3 is 2.50 bits per heavy atom. The number of hydrogen-bond acceptors (Lipinski definition) is 8. The summed E-state index contributed by atoms with van der Waals surface area (Å²) in [6.07, 6.45) is 2.99. The number of ether oxygens (including phenoxy) is 1. The maximum absolute atomic E-state index is 13.0. The summed E-state index contributed by atoms with van der Waals surface area (Å²) >= 11 is 0. The number of amides is 1. The van der Waals surface area contributed by atoms with E-state index in [2.05, 4.69) is 15.5 Å². The number of rotatable bonds is 6. The minimum Gasteiger partial charge on any atom is -0.479 e. The van der Waals surface area contributed by atoms with Gasteiger partial charge in [0.25, 0.3) is 5.91 Å². The van der Waals surface area contributed by atoms with E-state index in [-0.39, 0.29) is 11.7 Å². The van der Waals surface area contributed by atoms with Gasteiger partial charge in [-0.1, -0.05) is 35.5 Å². The van der Waals surface area contributed by atoms with E-state index >= 15 is 0 Å². The minimum absolute atomic E-state index is 0.118. The molecule has 0 fully saturated rings. The Morgan fingerprint density at radius 2 is 1.83 bits per heavy atom. The number of methoxy groups -OCH3 is 1. The van der Waals surface area contributed by atoms with Crippen LogP contribution in [-0.2, 0) is 0 Å². The molecule has 0 aliphatic heterocycles. The summed E-state index contributed by atoms with van der Waals surface area (Å²) in [6, 6.07) is 12.6. The van der Waals surface area contributed by atoms with Gasteiger partial charge in [-0.25, -0.2) is 4.98 Å². The first-order chi connectivity index (χ1) is 14.4. The number of carbonyl (C=O) groups excluding carboxylic acids is 1. The maximum atomic E-state index is 13.0. The van der Waals surface area contributed by atoms with E-state index < -0.39 is 5.91 Å².